The Hall–Kier alpha value is -1.50. The number of fused-ring (bicyclic) bond motifs is 1. The second-order valence-electron chi connectivity index (χ2n) is 4.80. The first-order chi connectivity index (χ1) is 7.63. The summed E-state index contributed by atoms with van der Waals surface area (Å²) in [6.45, 7) is 6.66. The highest BCUT2D eigenvalue weighted by Crippen LogP contribution is 2.36. The number of anilines is 1. The summed E-state index contributed by atoms with van der Waals surface area (Å²) >= 11 is 0. The molecule has 1 aliphatic heterocycles. The molecule has 0 fully saturated rings. The lowest BCUT2D eigenvalue weighted by Gasteiger charge is -2.30. The van der Waals surface area contributed by atoms with E-state index >= 15 is 0 Å². The van der Waals surface area contributed by atoms with Gasteiger partial charge in [-0.1, -0.05) is 51.1 Å². The number of nitrogens with one attached hydrogen (secondary N) is 1. The van der Waals surface area contributed by atoms with Gasteiger partial charge >= 0.3 is 0 Å². The average molecular weight is 213 g/mol. The van der Waals surface area contributed by atoms with Gasteiger partial charge < -0.3 is 5.32 Å². The predicted molar refractivity (Wildman–Crippen MR) is 70.6 cm³/mol. The van der Waals surface area contributed by atoms with Crippen molar-refractivity contribution in [2.24, 2.45) is 0 Å². The van der Waals surface area contributed by atoms with E-state index in [9.17, 15) is 0 Å². The van der Waals surface area contributed by atoms with Gasteiger partial charge in [-0.3, -0.25) is 0 Å². The summed E-state index contributed by atoms with van der Waals surface area (Å²) in [7, 11) is 0. The van der Waals surface area contributed by atoms with Crippen molar-refractivity contribution in [3.05, 3.63) is 53.8 Å². The zero-order chi connectivity index (χ0) is 11.6. The van der Waals surface area contributed by atoms with E-state index in [-0.39, 0.29) is 5.41 Å². The number of rotatable bonds is 2. The van der Waals surface area contributed by atoms with E-state index < -0.39 is 0 Å². The van der Waals surface area contributed by atoms with Gasteiger partial charge in [-0.2, -0.15) is 0 Å². The summed E-state index contributed by atoms with van der Waals surface area (Å²) in [6, 6.07) is 8.51. The molecule has 84 valence electrons. The average Bonchev–Trinajstić information content (AvgIpc) is 2.25. The molecule has 1 nitrogen and oxygen atoms in total. The molecule has 0 atom stereocenters. The largest absolute Gasteiger partial charge is 0.356 e. The standard InChI is InChI=1S/C15H19N/c1-4-5-8-12-11-15(2,3)13-9-6-7-10-14(13)16-12/h5-11,16H,4H2,1-3H3/b8-5-. The lowest BCUT2D eigenvalue weighted by Crippen LogP contribution is -2.22. The quantitative estimate of drug-likeness (QED) is 0.774. The summed E-state index contributed by atoms with van der Waals surface area (Å²) in [5.41, 5.74) is 3.90. The molecule has 0 aromatic heterocycles. The lowest BCUT2D eigenvalue weighted by atomic mass is 9.80. The van der Waals surface area contributed by atoms with Gasteiger partial charge in [0.05, 0.1) is 0 Å². The summed E-state index contributed by atoms with van der Waals surface area (Å²) in [5.74, 6) is 0. The zero-order valence-corrected chi connectivity index (χ0v) is 10.2. The maximum absolute atomic E-state index is 3.46. The first kappa shape index (κ1) is 11.0. The third-order valence-corrected chi connectivity index (χ3v) is 2.95. The number of allylic oxidation sites excluding steroid dienone is 3. The van der Waals surface area contributed by atoms with E-state index in [1.54, 1.807) is 0 Å². The molecule has 0 aliphatic carbocycles. The van der Waals surface area contributed by atoms with Gasteiger partial charge in [0.1, 0.15) is 0 Å². The van der Waals surface area contributed by atoms with Crippen LogP contribution < -0.4 is 5.32 Å². The molecule has 0 saturated carbocycles. The van der Waals surface area contributed by atoms with Gasteiger partial charge in [0, 0.05) is 16.8 Å². The fourth-order valence-electron chi connectivity index (χ4n) is 2.15. The normalized spacial score (nSPS) is 17.8. The van der Waals surface area contributed by atoms with Crippen LogP contribution in [0, 0.1) is 0 Å². The number of hydrogen-bond acceptors (Lipinski definition) is 1. The van der Waals surface area contributed by atoms with Crippen LogP contribution in [0.4, 0.5) is 5.69 Å². The molecule has 1 N–H and O–H groups in total. The topological polar surface area (TPSA) is 12.0 Å². The highest BCUT2D eigenvalue weighted by Gasteiger charge is 2.25. The molecular weight excluding hydrogens is 194 g/mol. The van der Waals surface area contributed by atoms with Crippen molar-refractivity contribution in [3.8, 4) is 0 Å². The molecule has 0 spiro atoms. The van der Waals surface area contributed by atoms with Gasteiger partial charge in [0.15, 0.2) is 0 Å². The van der Waals surface area contributed by atoms with Crippen LogP contribution in [0.25, 0.3) is 0 Å². The molecular formula is C15H19N. The van der Waals surface area contributed by atoms with Gasteiger partial charge in [-0.15, -0.1) is 0 Å². The van der Waals surface area contributed by atoms with Gasteiger partial charge in [-0.25, -0.2) is 0 Å². The second kappa shape index (κ2) is 4.17. The monoisotopic (exact) mass is 213 g/mol. The third-order valence-electron chi connectivity index (χ3n) is 2.95. The van der Waals surface area contributed by atoms with E-state index in [0.717, 1.165) is 6.42 Å². The molecule has 1 heteroatoms. The number of benzene rings is 1. The van der Waals surface area contributed by atoms with Crippen molar-refractivity contribution >= 4 is 5.69 Å². The van der Waals surface area contributed by atoms with Crippen LogP contribution >= 0.6 is 0 Å². The summed E-state index contributed by atoms with van der Waals surface area (Å²) < 4.78 is 0. The highest BCUT2D eigenvalue weighted by atomic mass is 14.9. The van der Waals surface area contributed by atoms with Crippen molar-refractivity contribution in [1.82, 2.24) is 0 Å². The second-order valence-corrected chi connectivity index (χ2v) is 4.80. The van der Waals surface area contributed by atoms with Crippen LogP contribution in [0.15, 0.2) is 48.2 Å². The molecule has 2 rings (SSSR count). The van der Waals surface area contributed by atoms with E-state index in [1.165, 1.54) is 16.9 Å². The Balaban J connectivity index is 2.39. The molecule has 0 amide bonds. The third kappa shape index (κ3) is 2.04. The van der Waals surface area contributed by atoms with Crippen molar-refractivity contribution in [2.45, 2.75) is 32.6 Å². The molecule has 0 unspecified atom stereocenters. The van der Waals surface area contributed by atoms with Gasteiger partial charge in [0.2, 0.25) is 0 Å². The maximum Gasteiger partial charge on any atom is 0.0425 e. The van der Waals surface area contributed by atoms with Crippen molar-refractivity contribution < 1.29 is 0 Å². The first-order valence-corrected chi connectivity index (χ1v) is 5.89. The maximum atomic E-state index is 3.46. The Labute approximate surface area is 97.9 Å². The Morgan fingerprint density at radius 3 is 2.75 bits per heavy atom. The Bertz CT molecular complexity index is 439. The zero-order valence-electron chi connectivity index (χ0n) is 10.2. The van der Waals surface area contributed by atoms with E-state index in [1.807, 2.05) is 0 Å². The SMILES string of the molecule is CC/C=C\C1=CC(C)(C)c2ccccc2N1. The Kier molecular flexibility index (Phi) is 2.86. The smallest absolute Gasteiger partial charge is 0.0425 e. The Morgan fingerprint density at radius 1 is 1.25 bits per heavy atom. The minimum absolute atomic E-state index is 0.106. The molecule has 1 heterocycles. The molecule has 1 aromatic carbocycles. The molecule has 1 aromatic rings. The van der Waals surface area contributed by atoms with Crippen molar-refractivity contribution in [3.63, 3.8) is 0 Å². The molecule has 0 bridgehead atoms. The molecule has 0 saturated heterocycles. The fourth-order valence-corrected chi connectivity index (χ4v) is 2.15. The van der Waals surface area contributed by atoms with E-state index in [4.69, 9.17) is 0 Å². The minimum atomic E-state index is 0.106. The molecule has 16 heavy (non-hydrogen) atoms. The lowest BCUT2D eigenvalue weighted by molar-refractivity contribution is 0.660. The Morgan fingerprint density at radius 2 is 2.00 bits per heavy atom. The van der Waals surface area contributed by atoms with E-state index in [0.29, 0.717) is 0 Å². The summed E-state index contributed by atoms with van der Waals surface area (Å²) in [4.78, 5) is 0. The first-order valence-electron chi connectivity index (χ1n) is 5.89. The van der Waals surface area contributed by atoms with E-state index in [2.05, 4.69) is 68.6 Å². The fraction of sp³-hybridized carbons (Fsp3) is 0.333. The van der Waals surface area contributed by atoms with Crippen LogP contribution in [0.2, 0.25) is 0 Å². The number of para-hydroxylation sites is 1. The van der Waals surface area contributed by atoms with Gasteiger partial charge in [-0.05, 0) is 24.1 Å². The predicted octanol–water partition coefficient (Wildman–Crippen LogP) is 4.24. The van der Waals surface area contributed by atoms with Gasteiger partial charge in [0.25, 0.3) is 0 Å². The molecule has 0 radical (unpaired) electrons. The summed E-state index contributed by atoms with van der Waals surface area (Å²) in [6.07, 6.45) is 7.71. The van der Waals surface area contributed by atoms with Crippen LogP contribution in [0.3, 0.4) is 0 Å². The minimum Gasteiger partial charge on any atom is -0.356 e. The van der Waals surface area contributed by atoms with Crippen molar-refractivity contribution in [2.75, 3.05) is 5.32 Å². The van der Waals surface area contributed by atoms with Crippen LogP contribution in [0.5, 0.6) is 0 Å². The summed E-state index contributed by atoms with van der Waals surface area (Å²) in [5, 5.41) is 3.46. The van der Waals surface area contributed by atoms with Crippen LogP contribution in [-0.2, 0) is 5.41 Å². The number of hydrogen-bond donors (Lipinski definition) is 1. The van der Waals surface area contributed by atoms with Crippen LogP contribution in [0.1, 0.15) is 32.8 Å². The highest BCUT2D eigenvalue weighted by molar-refractivity contribution is 5.64. The van der Waals surface area contributed by atoms with Crippen LogP contribution in [-0.4, -0.2) is 0 Å². The van der Waals surface area contributed by atoms with Crippen molar-refractivity contribution in [1.29, 1.82) is 0 Å². The molecule has 1 aliphatic rings.